The van der Waals surface area contributed by atoms with Crippen molar-refractivity contribution in [3.63, 3.8) is 0 Å². The second-order valence-corrected chi connectivity index (χ2v) is 6.88. The van der Waals surface area contributed by atoms with E-state index in [2.05, 4.69) is 22.3 Å². The SMILES string of the molecule is CC[C@@H](C)NC(=O)CSc1nc(C2CC2)n(-c2ccccc2)n1. The lowest BCUT2D eigenvalue weighted by Gasteiger charge is -2.09. The van der Waals surface area contributed by atoms with Gasteiger partial charge in [-0.05, 0) is 38.3 Å². The van der Waals surface area contributed by atoms with Gasteiger partial charge in [0.15, 0.2) is 0 Å². The van der Waals surface area contributed by atoms with Crippen LogP contribution in [0.15, 0.2) is 35.5 Å². The number of amides is 1. The van der Waals surface area contributed by atoms with Gasteiger partial charge in [0.2, 0.25) is 11.1 Å². The molecule has 23 heavy (non-hydrogen) atoms. The number of nitrogens with zero attached hydrogens (tertiary/aromatic N) is 3. The summed E-state index contributed by atoms with van der Waals surface area (Å²) in [6.45, 7) is 4.07. The van der Waals surface area contributed by atoms with Gasteiger partial charge in [-0.2, -0.15) is 0 Å². The third kappa shape index (κ3) is 4.13. The molecule has 1 aliphatic rings. The van der Waals surface area contributed by atoms with Crippen molar-refractivity contribution in [2.45, 2.75) is 50.2 Å². The Labute approximate surface area is 140 Å². The molecule has 1 aromatic carbocycles. The highest BCUT2D eigenvalue weighted by molar-refractivity contribution is 7.99. The minimum atomic E-state index is 0.0355. The quantitative estimate of drug-likeness (QED) is 0.792. The van der Waals surface area contributed by atoms with Gasteiger partial charge in [0, 0.05) is 12.0 Å². The van der Waals surface area contributed by atoms with E-state index in [1.54, 1.807) is 0 Å². The van der Waals surface area contributed by atoms with Crippen molar-refractivity contribution in [2.75, 3.05) is 5.75 Å². The number of carbonyl (C=O) groups excluding carboxylic acids is 1. The predicted octanol–water partition coefficient (Wildman–Crippen LogP) is 3.15. The maximum absolute atomic E-state index is 11.9. The number of hydrogen-bond acceptors (Lipinski definition) is 4. The van der Waals surface area contributed by atoms with Gasteiger partial charge in [0.05, 0.1) is 11.4 Å². The van der Waals surface area contributed by atoms with E-state index in [0.717, 1.165) is 17.9 Å². The van der Waals surface area contributed by atoms with Crippen LogP contribution >= 0.6 is 11.8 Å². The van der Waals surface area contributed by atoms with E-state index in [9.17, 15) is 4.79 Å². The lowest BCUT2D eigenvalue weighted by Crippen LogP contribution is -2.33. The van der Waals surface area contributed by atoms with Crippen molar-refractivity contribution in [2.24, 2.45) is 0 Å². The summed E-state index contributed by atoms with van der Waals surface area (Å²) < 4.78 is 1.92. The number of nitrogens with one attached hydrogen (secondary N) is 1. The molecule has 1 aromatic heterocycles. The van der Waals surface area contributed by atoms with Gasteiger partial charge in [0.25, 0.3) is 0 Å². The number of rotatable bonds is 7. The molecule has 0 unspecified atom stereocenters. The Balaban J connectivity index is 1.70. The molecule has 0 saturated heterocycles. The highest BCUT2D eigenvalue weighted by Gasteiger charge is 2.30. The first-order chi connectivity index (χ1) is 11.2. The minimum absolute atomic E-state index is 0.0355. The predicted molar refractivity (Wildman–Crippen MR) is 92.0 cm³/mol. The van der Waals surface area contributed by atoms with Gasteiger partial charge in [-0.1, -0.05) is 36.9 Å². The number of aromatic nitrogens is 3. The van der Waals surface area contributed by atoms with Crippen LogP contribution in [0.5, 0.6) is 0 Å². The molecule has 3 rings (SSSR count). The van der Waals surface area contributed by atoms with E-state index < -0.39 is 0 Å². The second kappa shape index (κ2) is 7.17. The zero-order chi connectivity index (χ0) is 16.2. The molecule has 5 nitrogen and oxygen atoms in total. The van der Waals surface area contributed by atoms with Crippen LogP contribution in [0, 0.1) is 0 Å². The van der Waals surface area contributed by atoms with Crippen LogP contribution in [0.2, 0.25) is 0 Å². The molecule has 1 aliphatic carbocycles. The number of benzene rings is 1. The highest BCUT2D eigenvalue weighted by atomic mass is 32.2. The van der Waals surface area contributed by atoms with Crippen LogP contribution in [0.1, 0.15) is 44.9 Å². The van der Waals surface area contributed by atoms with E-state index in [4.69, 9.17) is 0 Å². The van der Waals surface area contributed by atoms with E-state index in [1.807, 2.05) is 41.9 Å². The summed E-state index contributed by atoms with van der Waals surface area (Å²) in [6, 6.07) is 10.3. The summed E-state index contributed by atoms with van der Waals surface area (Å²) in [5.74, 6) is 1.91. The van der Waals surface area contributed by atoms with Crippen molar-refractivity contribution >= 4 is 17.7 Å². The average Bonchev–Trinajstić information content (AvgIpc) is 3.33. The molecule has 6 heteroatoms. The van der Waals surface area contributed by atoms with E-state index in [1.165, 1.54) is 24.6 Å². The molecule has 1 saturated carbocycles. The van der Waals surface area contributed by atoms with Crippen LogP contribution in [-0.4, -0.2) is 32.5 Å². The van der Waals surface area contributed by atoms with Crippen molar-refractivity contribution in [3.8, 4) is 5.69 Å². The summed E-state index contributed by atoms with van der Waals surface area (Å²) in [7, 11) is 0. The molecule has 1 amide bonds. The van der Waals surface area contributed by atoms with Crippen LogP contribution < -0.4 is 5.32 Å². The van der Waals surface area contributed by atoms with Crippen LogP contribution in [0.4, 0.5) is 0 Å². The molecular formula is C17H22N4OS. The number of para-hydroxylation sites is 1. The fourth-order valence-electron chi connectivity index (χ4n) is 2.28. The van der Waals surface area contributed by atoms with Gasteiger partial charge in [-0.3, -0.25) is 4.79 Å². The van der Waals surface area contributed by atoms with Crippen molar-refractivity contribution < 1.29 is 4.79 Å². The summed E-state index contributed by atoms with van der Waals surface area (Å²) in [6.07, 6.45) is 3.28. The molecule has 122 valence electrons. The minimum Gasteiger partial charge on any atom is -0.353 e. The fourth-order valence-corrected chi connectivity index (χ4v) is 2.92. The van der Waals surface area contributed by atoms with E-state index in [0.29, 0.717) is 16.8 Å². The summed E-state index contributed by atoms with van der Waals surface area (Å²) >= 11 is 1.40. The Morgan fingerprint density at radius 3 is 2.78 bits per heavy atom. The number of thioether (sulfide) groups is 1. The maximum Gasteiger partial charge on any atom is 0.230 e. The largest absolute Gasteiger partial charge is 0.353 e. The van der Waals surface area contributed by atoms with Crippen molar-refractivity contribution in [1.82, 2.24) is 20.1 Å². The molecule has 0 aliphatic heterocycles. The molecule has 0 spiro atoms. The monoisotopic (exact) mass is 330 g/mol. The van der Waals surface area contributed by atoms with Crippen LogP contribution in [0.25, 0.3) is 5.69 Å². The maximum atomic E-state index is 11.9. The topological polar surface area (TPSA) is 59.8 Å². The van der Waals surface area contributed by atoms with E-state index in [-0.39, 0.29) is 11.9 Å². The van der Waals surface area contributed by atoms with Crippen LogP contribution in [0.3, 0.4) is 0 Å². The number of hydrogen-bond donors (Lipinski definition) is 1. The number of carbonyl (C=O) groups is 1. The van der Waals surface area contributed by atoms with Crippen molar-refractivity contribution in [1.29, 1.82) is 0 Å². The first kappa shape index (κ1) is 16.1. The Kier molecular flexibility index (Phi) is 5.00. The second-order valence-electron chi connectivity index (χ2n) is 5.94. The highest BCUT2D eigenvalue weighted by Crippen LogP contribution is 2.40. The summed E-state index contributed by atoms with van der Waals surface area (Å²) in [5, 5.41) is 8.24. The smallest absolute Gasteiger partial charge is 0.230 e. The fraction of sp³-hybridized carbons (Fsp3) is 0.471. The zero-order valence-electron chi connectivity index (χ0n) is 13.5. The molecular weight excluding hydrogens is 308 g/mol. The molecule has 1 N–H and O–H groups in total. The average molecular weight is 330 g/mol. The van der Waals surface area contributed by atoms with Gasteiger partial charge in [-0.15, -0.1) is 5.10 Å². The molecule has 0 radical (unpaired) electrons. The normalized spacial score (nSPS) is 15.4. The third-order valence-electron chi connectivity index (χ3n) is 3.91. The summed E-state index contributed by atoms with van der Waals surface area (Å²) in [5.41, 5.74) is 1.03. The first-order valence-electron chi connectivity index (χ1n) is 8.12. The Bertz CT molecular complexity index is 666. The zero-order valence-corrected chi connectivity index (χ0v) is 14.3. The van der Waals surface area contributed by atoms with Gasteiger partial charge in [0.1, 0.15) is 5.82 Å². The van der Waals surface area contributed by atoms with Gasteiger partial charge >= 0.3 is 0 Å². The lowest BCUT2D eigenvalue weighted by molar-refractivity contribution is -0.119. The first-order valence-corrected chi connectivity index (χ1v) is 9.10. The Morgan fingerprint density at radius 2 is 2.13 bits per heavy atom. The van der Waals surface area contributed by atoms with E-state index >= 15 is 0 Å². The Morgan fingerprint density at radius 1 is 1.39 bits per heavy atom. The lowest BCUT2D eigenvalue weighted by atomic mass is 10.3. The standard InChI is InChI=1S/C17H22N4OS/c1-3-12(2)18-15(22)11-23-17-19-16(13-9-10-13)21(20-17)14-7-5-4-6-8-14/h4-8,12-13H,3,9-11H2,1-2H3,(H,18,22)/t12-/m1/s1. The molecule has 1 fully saturated rings. The van der Waals surface area contributed by atoms with Gasteiger partial charge < -0.3 is 5.32 Å². The van der Waals surface area contributed by atoms with Crippen LogP contribution in [-0.2, 0) is 4.79 Å². The third-order valence-corrected chi connectivity index (χ3v) is 4.75. The van der Waals surface area contributed by atoms with Crippen molar-refractivity contribution in [3.05, 3.63) is 36.2 Å². The summed E-state index contributed by atoms with van der Waals surface area (Å²) in [4.78, 5) is 16.6. The molecule has 0 bridgehead atoms. The molecule has 2 aromatic rings. The Hall–Kier alpha value is -1.82. The van der Waals surface area contributed by atoms with Gasteiger partial charge in [-0.25, -0.2) is 9.67 Å². The molecule has 1 atom stereocenters. The molecule has 1 heterocycles.